The second-order valence-electron chi connectivity index (χ2n) is 3.93. The van der Waals surface area contributed by atoms with Gasteiger partial charge >= 0.3 is 7.60 Å². The van der Waals surface area contributed by atoms with Crippen molar-refractivity contribution < 1.29 is 14.0 Å². The van der Waals surface area contributed by atoms with Gasteiger partial charge in [0, 0.05) is 0 Å². The molecule has 0 saturated carbocycles. The van der Waals surface area contributed by atoms with Crippen molar-refractivity contribution in [3.8, 4) is 0 Å². The lowest BCUT2D eigenvalue weighted by Gasteiger charge is -2.17. The molecule has 0 spiro atoms. The van der Waals surface area contributed by atoms with Gasteiger partial charge in [0.25, 0.3) is 0 Å². The maximum Gasteiger partial charge on any atom is 0.333 e. The lowest BCUT2D eigenvalue weighted by Crippen LogP contribution is -1.99. The van der Waals surface area contributed by atoms with Crippen LogP contribution in [0.4, 0.5) is 0 Å². The Morgan fingerprint density at radius 3 is 2.67 bits per heavy atom. The molecule has 3 nitrogen and oxygen atoms in total. The van der Waals surface area contributed by atoms with Crippen LogP contribution in [0.2, 0.25) is 0 Å². The Kier molecular flexibility index (Phi) is 4.36. The molecule has 2 aromatic rings. The van der Waals surface area contributed by atoms with Crippen molar-refractivity contribution in [3.63, 3.8) is 0 Å². The zero-order valence-corrected chi connectivity index (χ0v) is 11.4. The van der Waals surface area contributed by atoms with E-state index in [-0.39, 0.29) is 6.16 Å². The van der Waals surface area contributed by atoms with Crippen molar-refractivity contribution in [3.05, 3.63) is 65.2 Å². The molecule has 1 radical (unpaired) electrons. The van der Waals surface area contributed by atoms with Gasteiger partial charge in [0.15, 0.2) is 0 Å². The molecule has 95 valence electrons. The Bertz CT molecular complexity index is 524. The molecule has 0 aliphatic carbocycles. The summed E-state index contributed by atoms with van der Waals surface area (Å²) < 4.78 is 17.2. The summed E-state index contributed by atoms with van der Waals surface area (Å²) in [5.41, 5.74) is 1.60. The number of rotatable bonds is 5. The van der Waals surface area contributed by atoms with Crippen molar-refractivity contribution >= 4 is 18.9 Å². The summed E-state index contributed by atoms with van der Waals surface area (Å²) in [7, 11) is -3.67. The van der Waals surface area contributed by atoms with Crippen LogP contribution in [0.3, 0.4) is 0 Å². The molecule has 1 N–H and O–H groups in total. The summed E-state index contributed by atoms with van der Waals surface area (Å²) in [4.78, 5) is 9.83. The topological polar surface area (TPSA) is 46.5 Å². The van der Waals surface area contributed by atoms with E-state index in [2.05, 4.69) is 6.92 Å². The molecule has 2 rings (SSSR count). The molecule has 1 aromatic carbocycles. The summed E-state index contributed by atoms with van der Waals surface area (Å²) in [6.07, 6.45) is -0.611. The van der Waals surface area contributed by atoms with Gasteiger partial charge < -0.3 is 9.42 Å². The predicted molar refractivity (Wildman–Crippen MR) is 73.5 cm³/mol. The Morgan fingerprint density at radius 2 is 2.06 bits per heavy atom. The molecular weight excluding hydrogens is 267 g/mol. The van der Waals surface area contributed by atoms with Crippen LogP contribution >= 0.6 is 18.9 Å². The summed E-state index contributed by atoms with van der Waals surface area (Å²) in [5, 5.41) is 3.75. The number of thiophene rings is 1. The van der Waals surface area contributed by atoms with Gasteiger partial charge in [-0.2, -0.15) is 11.3 Å². The van der Waals surface area contributed by atoms with Crippen LogP contribution in [0.25, 0.3) is 0 Å². The van der Waals surface area contributed by atoms with E-state index in [1.54, 1.807) is 12.1 Å². The van der Waals surface area contributed by atoms with Crippen molar-refractivity contribution in [1.29, 1.82) is 0 Å². The summed E-state index contributed by atoms with van der Waals surface area (Å²) in [6.45, 7) is 3.76. The molecular formula is C13H14O3PS. The third-order valence-corrected chi connectivity index (χ3v) is 4.48. The van der Waals surface area contributed by atoms with E-state index in [0.717, 1.165) is 11.1 Å². The summed E-state index contributed by atoms with van der Waals surface area (Å²) >= 11 is 1.51. The molecule has 0 amide bonds. The maximum absolute atomic E-state index is 12.0. The Labute approximate surface area is 111 Å². The van der Waals surface area contributed by atoms with Gasteiger partial charge in [-0.25, -0.2) is 0 Å². The Hall–Kier alpha value is -0.930. The first-order valence-corrected chi connectivity index (χ1v) is 8.17. The van der Waals surface area contributed by atoms with Gasteiger partial charge in [0.05, 0.1) is 12.3 Å². The van der Waals surface area contributed by atoms with E-state index in [4.69, 9.17) is 4.52 Å². The average Bonchev–Trinajstić information content (AvgIpc) is 2.82. The highest BCUT2D eigenvalue weighted by Crippen LogP contribution is 2.49. The molecule has 5 heteroatoms. The minimum Gasteiger partial charge on any atom is -0.324 e. The quantitative estimate of drug-likeness (QED) is 0.842. The fourth-order valence-electron chi connectivity index (χ4n) is 1.57. The lowest BCUT2D eigenvalue weighted by molar-refractivity contribution is 0.211. The van der Waals surface area contributed by atoms with Crippen LogP contribution in [0.15, 0.2) is 47.2 Å². The fraction of sp³-hybridized carbons (Fsp3) is 0.154. The zero-order valence-electron chi connectivity index (χ0n) is 9.73. The Balaban J connectivity index is 2.01. The Morgan fingerprint density at radius 1 is 1.33 bits per heavy atom. The first kappa shape index (κ1) is 13.5. The molecule has 0 aliphatic rings. The zero-order chi connectivity index (χ0) is 13.0. The molecule has 2 unspecified atom stereocenters. The SMILES string of the molecule is [CH2]C(OP(=O)(O)Cc1ccccc1)c1ccsc1. The second-order valence-corrected chi connectivity index (χ2v) is 6.51. The van der Waals surface area contributed by atoms with E-state index in [9.17, 15) is 9.46 Å². The highest BCUT2D eigenvalue weighted by Gasteiger charge is 2.24. The first-order chi connectivity index (χ1) is 8.57. The maximum atomic E-state index is 12.0. The van der Waals surface area contributed by atoms with Crippen LogP contribution < -0.4 is 0 Å². The molecule has 1 aromatic heterocycles. The second kappa shape index (κ2) is 5.81. The van der Waals surface area contributed by atoms with Crippen LogP contribution in [-0.4, -0.2) is 4.89 Å². The molecule has 0 fully saturated rings. The molecule has 0 bridgehead atoms. The highest BCUT2D eigenvalue weighted by molar-refractivity contribution is 7.51. The normalized spacial score (nSPS) is 16.1. The van der Waals surface area contributed by atoms with Crippen LogP contribution in [-0.2, 0) is 15.3 Å². The largest absolute Gasteiger partial charge is 0.333 e. The van der Waals surface area contributed by atoms with Crippen molar-refractivity contribution in [2.75, 3.05) is 0 Å². The third-order valence-electron chi connectivity index (χ3n) is 2.43. The van der Waals surface area contributed by atoms with Crippen molar-refractivity contribution in [1.82, 2.24) is 0 Å². The van der Waals surface area contributed by atoms with Gasteiger partial charge in [-0.05, 0) is 34.9 Å². The van der Waals surface area contributed by atoms with E-state index in [1.165, 1.54) is 11.3 Å². The fourth-order valence-corrected chi connectivity index (χ4v) is 3.54. The summed E-state index contributed by atoms with van der Waals surface area (Å²) in [6, 6.07) is 11.0. The minimum atomic E-state index is -3.67. The molecule has 18 heavy (non-hydrogen) atoms. The number of benzene rings is 1. The smallest absolute Gasteiger partial charge is 0.324 e. The minimum absolute atomic E-state index is 0.00397. The monoisotopic (exact) mass is 281 g/mol. The van der Waals surface area contributed by atoms with Gasteiger partial charge in [-0.3, -0.25) is 4.57 Å². The van der Waals surface area contributed by atoms with E-state index in [0.29, 0.717) is 0 Å². The van der Waals surface area contributed by atoms with Crippen LogP contribution in [0.5, 0.6) is 0 Å². The van der Waals surface area contributed by atoms with E-state index in [1.807, 2.05) is 35.0 Å². The lowest BCUT2D eigenvalue weighted by atomic mass is 10.2. The number of hydrogen-bond donors (Lipinski definition) is 1. The van der Waals surface area contributed by atoms with Crippen molar-refractivity contribution in [2.24, 2.45) is 0 Å². The molecule has 1 heterocycles. The predicted octanol–water partition coefficient (Wildman–Crippen LogP) is 4.03. The molecule has 2 atom stereocenters. The highest BCUT2D eigenvalue weighted by atomic mass is 32.1. The average molecular weight is 281 g/mol. The van der Waals surface area contributed by atoms with E-state index < -0.39 is 13.7 Å². The summed E-state index contributed by atoms with van der Waals surface area (Å²) in [5.74, 6) is 0. The number of hydrogen-bond acceptors (Lipinski definition) is 3. The van der Waals surface area contributed by atoms with Crippen LogP contribution in [0, 0.1) is 6.92 Å². The van der Waals surface area contributed by atoms with Crippen LogP contribution in [0.1, 0.15) is 17.2 Å². The third kappa shape index (κ3) is 3.79. The molecule has 0 saturated heterocycles. The molecule has 0 aliphatic heterocycles. The van der Waals surface area contributed by atoms with Gasteiger partial charge in [0.1, 0.15) is 0 Å². The van der Waals surface area contributed by atoms with Gasteiger partial charge in [-0.15, -0.1) is 0 Å². The van der Waals surface area contributed by atoms with Gasteiger partial charge in [0.2, 0.25) is 0 Å². The standard InChI is InChI=1S/C13H14O3PS/c1-11(13-7-8-18-10-13)16-17(14,15)9-12-5-3-2-4-6-12/h2-8,10-11H,1,9H2,(H,14,15). The van der Waals surface area contributed by atoms with E-state index >= 15 is 0 Å². The first-order valence-electron chi connectivity index (χ1n) is 5.46. The van der Waals surface area contributed by atoms with Crippen molar-refractivity contribution in [2.45, 2.75) is 12.3 Å². The van der Waals surface area contributed by atoms with Gasteiger partial charge in [-0.1, -0.05) is 30.3 Å².